The van der Waals surface area contributed by atoms with E-state index in [4.69, 9.17) is 0 Å². The topological polar surface area (TPSA) is 9.86 Å². The number of rotatable bonds is 4. The molecule has 0 amide bonds. The molecule has 0 unspecified atom stereocenters. The molecule has 0 N–H and O–H groups in total. The highest BCUT2D eigenvalue weighted by Gasteiger charge is 2.16. The SMILES string of the molecule is Cc1ccc2c(c1)c1cc(-c3ccc4c(c3)c3c(n4-c4ccccc4)=CCCC=3)ccc1n2-c1cccc(-c2ccccc2)c1. The minimum atomic E-state index is 1.08. The highest BCUT2D eigenvalue weighted by Crippen LogP contribution is 2.37. The van der Waals surface area contributed by atoms with Crippen LogP contribution in [0.2, 0.25) is 0 Å². The molecular weight excluding hydrogens is 544 g/mol. The van der Waals surface area contributed by atoms with Crippen molar-refractivity contribution in [2.24, 2.45) is 0 Å². The van der Waals surface area contributed by atoms with Gasteiger partial charge in [0.2, 0.25) is 0 Å². The van der Waals surface area contributed by atoms with Crippen LogP contribution >= 0.6 is 0 Å². The van der Waals surface area contributed by atoms with E-state index < -0.39 is 0 Å². The van der Waals surface area contributed by atoms with E-state index in [1.807, 2.05) is 0 Å². The number of para-hydroxylation sites is 1. The molecule has 0 radical (unpaired) electrons. The summed E-state index contributed by atoms with van der Waals surface area (Å²) in [5, 5.41) is 6.55. The summed E-state index contributed by atoms with van der Waals surface area (Å²) in [6, 6.07) is 51.1. The molecule has 2 heteroatoms. The van der Waals surface area contributed by atoms with Gasteiger partial charge in [0.1, 0.15) is 0 Å². The van der Waals surface area contributed by atoms with Crippen LogP contribution in [0, 0.1) is 6.92 Å². The lowest BCUT2D eigenvalue weighted by molar-refractivity contribution is 1.02. The first-order chi connectivity index (χ1) is 22.2. The van der Waals surface area contributed by atoms with Gasteiger partial charge in [-0.1, -0.05) is 96.6 Å². The molecule has 0 spiro atoms. The van der Waals surface area contributed by atoms with Gasteiger partial charge in [0.05, 0.1) is 16.6 Å². The Hall–Kier alpha value is -5.60. The van der Waals surface area contributed by atoms with Gasteiger partial charge in [-0.25, -0.2) is 0 Å². The van der Waals surface area contributed by atoms with Crippen LogP contribution < -0.4 is 10.6 Å². The zero-order chi connectivity index (χ0) is 29.9. The van der Waals surface area contributed by atoms with Gasteiger partial charge in [0.25, 0.3) is 0 Å². The van der Waals surface area contributed by atoms with Crippen LogP contribution in [0.25, 0.3) is 78.5 Å². The Kier molecular flexibility index (Phi) is 5.89. The summed E-state index contributed by atoms with van der Waals surface area (Å²) in [5.74, 6) is 0. The van der Waals surface area contributed by atoms with Crippen LogP contribution in [0.3, 0.4) is 0 Å². The van der Waals surface area contributed by atoms with Gasteiger partial charge in [0.15, 0.2) is 0 Å². The minimum absolute atomic E-state index is 1.08. The number of benzene rings is 6. The molecule has 6 aromatic carbocycles. The maximum Gasteiger partial charge on any atom is 0.0541 e. The quantitative estimate of drug-likeness (QED) is 0.197. The first kappa shape index (κ1) is 25.9. The van der Waals surface area contributed by atoms with Crippen molar-refractivity contribution in [3.8, 4) is 33.6 Å². The summed E-state index contributed by atoms with van der Waals surface area (Å²) in [6.45, 7) is 2.18. The number of nitrogens with zero attached hydrogens (tertiary/aromatic N) is 2. The maximum atomic E-state index is 2.42. The largest absolute Gasteiger partial charge is 0.310 e. The first-order valence-corrected chi connectivity index (χ1v) is 15.8. The molecule has 0 saturated heterocycles. The molecule has 214 valence electrons. The van der Waals surface area contributed by atoms with Crippen molar-refractivity contribution in [1.29, 1.82) is 0 Å². The van der Waals surface area contributed by atoms with Gasteiger partial charge in [-0.05, 0) is 103 Å². The van der Waals surface area contributed by atoms with E-state index in [9.17, 15) is 0 Å². The second-order valence-corrected chi connectivity index (χ2v) is 12.2. The fourth-order valence-corrected chi connectivity index (χ4v) is 7.28. The second-order valence-electron chi connectivity index (χ2n) is 12.2. The van der Waals surface area contributed by atoms with Crippen LogP contribution in [0.15, 0.2) is 140 Å². The molecule has 0 atom stereocenters. The van der Waals surface area contributed by atoms with Gasteiger partial charge in [-0.2, -0.15) is 0 Å². The van der Waals surface area contributed by atoms with E-state index in [-0.39, 0.29) is 0 Å². The molecule has 2 aromatic heterocycles. The Balaban J connectivity index is 1.24. The fraction of sp³-hybridized carbons (Fsp3) is 0.0698. The molecule has 1 aliphatic carbocycles. The third-order valence-electron chi connectivity index (χ3n) is 9.38. The molecular formula is C43H32N2. The van der Waals surface area contributed by atoms with Crippen molar-refractivity contribution in [3.63, 3.8) is 0 Å². The Morgan fingerprint density at radius 2 is 1.00 bits per heavy atom. The average molecular weight is 577 g/mol. The predicted molar refractivity (Wildman–Crippen MR) is 191 cm³/mol. The predicted octanol–water partition coefficient (Wildman–Crippen LogP) is 9.72. The van der Waals surface area contributed by atoms with Crippen molar-refractivity contribution < 1.29 is 0 Å². The lowest BCUT2D eigenvalue weighted by atomic mass is 10.00. The Morgan fingerprint density at radius 1 is 0.422 bits per heavy atom. The lowest BCUT2D eigenvalue weighted by Crippen LogP contribution is -2.30. The van der Waals surface area contributed by atoms with E-state index in [1.54, 1.807) is 0 Å². The molecule has 45 heavy (non-hydrogen) atoms. The Labute approximate surface area is 262 Å². The van der Waals surface area contributed by atoms with Crippen LogP contribution in [0.4, 0.5) is 0 Å². The van der Waals surface area contributed by atoms with E-state index in [0.717, 1.165) is 12.8 Å². The van der Waals surface area contributed by atoms with Crippen LogP contribution in [-0.2, 0) is 0 Å². The Morgan fingerprint density at radius 3 is 1.78 bits per heavy atom. The standard InChI is InChI=1S/C43H32N2/c1-29-19-22-41-37(25-29)39-28-33(21-24-43(39)45(41)35-16-10-13-31(26-35)30-11-4-2-5-12-30)32-20-23-42-38(27-32)36-17-8-9-18-40(36)44(42)34-14-6-3-7-15-34/h2-7,10-28H,8-9H2,1H3. The van der Waals surface area contributed by atoms with Crippen molar-refractivity contribution in [1.82, 2.24) is 9.13 Å². The van der Waals surface area contributed by atoms with Crippen molar-refractivity contribution in [3.05, 3.63) is 156 Å². The van der Waals surface area contributed by atoms with E-state index in [0.29, 0.717) is 0 Å². The van der Waals surface area contributed by atoms with Gasteiger partial charge >= 0.3 is 0 Å². The van der Waals surface area contributed by atoms with Gasteiger partial charge in [0, 0.05) is 38.1 Å². The van der Waals surface area contributed by atoms with Crippen LogP contribution in [0.1, 0.15) is 18.4 Å². The van der Waals surface area contributed by atoms with E-state index in [1.165, 1.54) is 82.5 Å². The number of hydrogen-bond donors (Lipinski definition) is 0. The highest BCUT2D eigenvalue weighted by molar-refractivity contribution is 6.11. The van der Waals surface area contributed by atoms with Crippen molar-refractivity contribution >= 4 is 44.9 Å². The van der Waals surface area contributed by atoms with Crippen molar-refractivity contribution in [2.45, 2.75) is 19.8 Å². The molecule has 1 aliphatic rings. The third-order valence-corrected chi connectivity index (χ3v) is 9.38. The van der Waals surface area contributed by atoms with Crippen LogP contribution in [-0.4, -0.2) is 9.13 Å². The fourth-order valence-electron chi connectivity index (χ4n) is 7.28. The Bertz CT molecular complexity index is 2530. The molecule has 0 aliphatic heterocycles. The number of aryl methyl sites for hydroxylation is 1. The zero-order valence-electron chi connectivity index (χ0n) is 25.2. The molecule has 0 saturated carbocycles. The second kappa shape index (κ2) is 10.2. The molecule has 0 bridgehead atoms. The van der Waals surface area contributed by atoms with E-state index in [2.05, 4.69) is 168 Å². The molecule has 8 aromatic rings. The number of fused-ring (bicyclic) bond motifs is 6. The van der Waals surface area contributed by atoms with Crippen LogP contribution in [0.5, 0.6) is 0 Å². The maximum absolute atomic E-state index is 2.42. The third kappa shape index (κ3) is 4.17. The molecule has 0 fully saturated rings. The molecule has 2 nitrogen and oxygen atoms in total. The van der Waals surface area contributed by atoms with Gasteiger partial charge in [-0.15, -0.1) is 0 Å². The summed E-state index contributed by atoms with van der Waals surface area (Å²) in [6.07, 6.45) is 6.99. The monoisotopic (exact) mass is 576 g/mol. The smallest absolute Gasteiger partial charge is 0.0541 e. The highest BCUT2D eigenvalue weighted by atomic mass is 15.0. The van der Waals surface area contributed by atoms with Gasteiger partial charge in [-0.3, -0.25) is 0 Å². The first-order valence-electron chi connectivity index (χ1n) is 15.8. The molecule has 9 rings (SSSR count). The number of hydrogen-bond acceptors (Lipinski definition) is 0. The summed E-state index contributed by atoms with van der Waals surface area (Å²) in [5.41, 5.74) is 12.3. The minimum Gasteiger partial charge on any atom is -0.310 e. The van der Waals surface area contributed by atoms with Gasteiger partial charge < -0.3 is 9.13 Å². The molecule has 2 heterocycles. The summed E-state index contributed by atoms with van der Waals surface area (Å²) >= 11 is 0. The van der Waals surface area contributed by atoms with E-state index >= 15 is 0 Å². The summed E-state index contributed by atoms with van der Waals surface area (Å²) in [7, 11) is 0. The number of aromatic nitrogens is 2. The summed E-state index contributed by atoms with van der Waals surface area (Å²) < 4.78 is 4.85. The summed E-state index contributed by atoms with van der Waals surface area (Å²) in [4.78, 5) is 0. The zero-order valence-corrected chi connectivity index (χ0v) is 25.2. The lowest BCUT2D eigenvalue weighted by Gasteiger charge is -2.11. The normalized spacial score (nSPS) is 12.7. The van der Waals surface area contributed by atoms with Crippen molar-refractivity contribution in [2.75, 3.05) is 0 Å². The average Bonchev–Trinajstić information content (AvgIpc) is 3.61.